The molecule has 1 heterocycles. The highest BCUT2D eigenvalue weighted by atomic mass is 15.1. The van der Waals surface area contributed by atoms with Crippen LogP contribution in [-0.2, 0) is 13.0 Å². The fourth-order valence-corrected chi connectivity index (χ4v) is 2.93. The molecule has 2 nitrogen and oxygen atoms in total. The third-order valence-electron chi connectivity index (χ3n) is 3.90. The zero-order valence-corrected chi connectivity index (χ0v) is 11.4. The first-order valence-electron chi connectivity index (χ1n) is 6.94. The first-order valence-corrected chi connectivity index (χ1v) is 6.94. The van der Waals surface area contributed by atoms with Crippen molar-refractivity contribution in [2.45, 2.75) is 26.3 Å². The van der Waals surface area contributed by atoms with E-state index in [1.807, 2.05) is 0 Å². The van der Waals surface area contributed by atoms with Crippen molar-refractivity contribution in [1.29, 1.82) is 0 Å². The highest BCUT2D eigenvalue weighted by Gasteiger charge is 2.18. The second-order valence-corrected chi connectivity index (χ2v) is 5.21. The van der Waals surface area contributed by atoms with Crippen molar-refractivity contribution in [3.63, 3.8) is 0 Å². The lowest BCUT2D eigenvalue weighted by atomic mass is 9.99. The number of para-hydroxylation sites is 1. The average molecular weight is 252 g/mol. The van der Waals surface area contributed by atoms with Crippen molar-refractivity contribution < 1.29 is 0 Å². The van der Waals surface area contributed by atoms with Crippen LogP contribution in [-0.4, -0.2) is 6.54 Å². The Labute approximate surface area is 114 Å². The van der Waals surface area contributed by atoms with Crippen LogP contribution in [0.2, 0.25) is 0 Å². The molecule has 0 aromatic heterocycles. The fourth-order valence-electron chi connectivity index (χ4n) is 2.93. The van der Waals surface area contributed by atoms with E-state index in [9.17, 15) is 0 Å². The van der Waals surface area contributed by atoms with Crippen LogP contribution in [0.5, 0.6) is 0 Å². The van der Waals surface area contributed by atoms with E-state index in [2.05, 4.69) is 54.3 Å². The summed E-state index contributed by atoms with van der Waals surface area (Å²) >= 11 is 0. The second kappa shape index (κ2) is 5.06. The Kier molecular flexibility index (Phi) is 3.26. The van der Waals surface area contributed by atoms with Crippen molar-refractivity contribution in [3.05, 3.63) is 59.2 Å². The van der Waals surface area contributed by atoms with Crippen LogP contribution in [0.15, 0.2) is 42.5 Å². The van der Waals surface area contributed by atoms with E-state index >= 15 is 0 Å². The zero-order chi connectivity index (χ0) is 13.2. The molecule has 0 bridgehead atoms. The molecule has 1 aliphatic rings. The highest BCUT2D eigenvalue weighted by molar-refractivity contribution is 5.70. The van der Waals surface area contributed by atoms with Gasteiger partial charge in [0.25, 0.3) is 0 Å². The van der Waals surface area contributed by atoms with E-state index in [4.69, 9.17) is 5.73 Å². The molecule has 2 N–H and O–H groups in total. The van der Waals surface area contributed by atoms with Gasteiger partial charge in [-0.2, -0.15) is 0 Å². The molecule has 0 unspecified atom stereocenters. The number of nitrogens with zero attached hydrogens (tertiary/aromatic N) is 1. The van der Waals surface area contributed by atoms with Gasteiger partial charge in [-0.15, -0.1) is 0 Å². The number of aryl methyl sites for hydroxylation is 2. The molecule has 0 saturated carbocycles. The first kappa shape index (κ1) is 12.2. The number of hydrogen-bond acceptors (Lipinski definition) is 2. The van der Waals surface area contributed by atoms with E-state index in [-0.39, 0.29) is 0 Å². The van der Waals surface area contributed by atoms with Crippen LogP contribution < -0.4 is 10.6 Å². The van der Waals surface area contributed by atoms with Gasteiger partial charge in [0.15, 0.2) is 0 Å². The van der Waals surface area contributed by atoms with E-state index in [1.54, 1.807) is 0 Å². The van der Waals surface area contributed by atoms with Gasteiger partial charge in [0, 0.05) is 24.5 Å². The maximum Gasteiger partial charge on any atom is 0.0443 e. The lowest BCUT2D eigenvalue weighted by Gasteiger charge is -2.32. The first-order chi connectivity index (χ1) is 9.29. The van der Waals surface area contributed by atoms with Gasteiger partial charge in [-0.3, -0.25) is 0 Å². The Bertz CT molecular complexity index is 590. The quantitative estimate of drug-likeness (QED) is 0.885. The highest BCUT2D eigenvalue weighted by Crippen LogP contribution is 2.35. The molecule has 2 heteroatoms. The van der Waals surface area contributed by atoms with Gasteiger partial charge in [-0.1, -0.05) is 30.3 Å². The zero-order valence-electron chi connectivity index (χ0n) is 11.4. The minimum absolute atomic E-state index is 0.609. The van der Waals surface area contributed by atoms with E-state index in [0.717, 1.165) is 6.54 Å². The van der Waals surface area contributed by atoms with Gasteiger partial charge < -0.3 is 10.6 Å². The summed E-state index contributed by atoms with van der Waals surface area (Å²) < 4.78 is 0. The molecule has 2 aromatic rings. The van der Waals surface area contributed by atoms with E-state index < -0.39 is 0 Å². The number of benzene rings is 2. The summed E-state index contributed by atoms with van der Waals surface area (Å²) in [5, 5.41) is 0. The fraction of sp³-hybridized carbons (Fsp3) is 0.294. The molecule has 98 valence electrons. The van der Waals surface area contributed by atoms with Crippen molar-refractivity contribution in [2.24, 2.45) is 5.73 Å². The largest absolute Gasteiger partial charge is 0.341 e. The standard InChI is InChI=1S/C17H20N2/c1-13-11-14(12-18)8-9-16(13)19-10-4-6-15-5-2-3-7-17(15)19/h2-3,5,7-9,11H,4,6,10,12,18H2,1H3. The molecule has 0 spiro atoms. The maximum absolute atomic E-state index is 5.71. The molecule has 19 heavy (non-hydrogen) atoms. The Hall–Kier alpha value is -1.80. The molecule has 3 rings (SSSR count). The average Bonchev–Trinajstić information content (AvgIpc) is 2.46. The van der Waals surface area contributed by atoms with Crippen molar-refractivity contribution in [1.82, 2.24) is 0 Å². The van der Waals surface area contributed by atoms with Crippen molar-refractivity contribution in [2.75, 3.05) is 11.4 Å². The SMILES string of the molecule is Cc1cc(CN)ccc1N1CCCc2ccccc21. The lowest BCUT2D eigenvalue weighted by molar-refractivity contribution is 0.765. The molecule has 0 radical (unpaired) electrons. The molecule has 1 aliphatic heterocycles. The van der Waals surface area contributed by atoms with Gasteiger partial charge in [0.05, 0.1) is 0 Å². The van der Waals surface area contributed by atoms with Crippen molar-refractivity contribution >= 4 is 11.4 Å². The Morgan fingerprint density at radius 3 is 2.74 bits per heavy atom. The monoisotopic (exact) mass is 252 g/mol. The normalized spacial score (nSPS) is 14.3. The maximum atomic E-state index is 5.71. The molecule has 0 aliphatic carbocycles. The van der Waals surface area contributed by atoms with Crippen LogP contribution in [0.1, 0.15) is 23.1 Å². The molecule has 2 aromatic carbocycles. The number of nitrogens with two attached hydrogens (primary N) is 1. The van der Waals surface area contributed by atoms with Gasteiger partial charge >= 0.3 is 0 Å². The summed E-state index contributed by atoms with van der Waals surface area (Å²) in [5.41, 5.74) is 12.3. The molecule has 0 fully saturated rings. The smallest absolute Gasteiger partial charge is 0.0443 e. The van der Waals surface area contributed by atoms with E-state index in [1.165, 1.54) is 40.9 Å². The van der Waals surface area contributed by atoms with Crippen LogP contribution in [0.3, 0.4) is 0 Å². The molecular formula is C17H20N2. The van der Waals surface area contributed by atoms with E-state index in [0.29, 0.717) is 6.54 Å². The van der Waals surface area contributed by atoms with Gasteiger partial charge in [0.1, 0.15) is 0 Å². The topological polar surface area (TPSA) is 29.3 Å². The van der Waals surface area contributed by atoms with Gasteiger partial charge in [0.2, 0.25) is 0 Å². The summed E-state index contributed by atoms with van der Waals surface area (Å²) in [6, 6.07) is 15.3. The van der Waals surface area contributed by atoms with Gasteiger partial charge in [-0.05, 0) is 48.6 Å². The minimum Gasteiger partial charge on any atom is -0.341 e. The summed E-state index contributed by atoms with van der Waals surface area (Å²) in [4.78, 5) is 2.44. The summed E-state index contributed by atoms with van der Waals surface area (Å²) in [7, 11) is 0. The number of fused-ring (bicyclic) bond motifs is 1. The van der Waals surface area contributed by atoms with Gasteiger partial charge in [-0.25, -0.2) is 0 Å². The summed E-state index contributed by atoms with van der Waals surface area (Å²) in [6.45, 7) is 3.88. The number of hydrogen-bond donors (Lipinski definition) is 1. The lowest BCUT2D eigenvalue weighted by Crippen LogP contribution is -2.25. The van der Waals surface area contributed by atoms with Crippen LogP contribution in [0.25, 0.3) is 0 Å². The Balaban J connectivity index is 2.04. The summed E-state index contributed by atoms with van der Waals surface area (Å²) in [5.74, 6) is 0. The Morgan fingerprint density at radius 1 is 1.11 bits per heavy atom. The Morgan fingerprint density at radius 2 is 1.95 bits per heavy atom. The third-order valence-corrected chi connectivity index (χ3v) is 3.90. The van der Waals surface area contributed by atoms with Crippen LogP contribution >= 0.6 is 0 Å². The number of anilines is 2. The molecule has 0 saturated heterocycles. The predicted molar refractivity (Wildman–Crippen MR) is 80.8 cm³/mol. The minimum atomic E-state index is 0.609. The summed E-state index contributed by atoms with van der Waals surface area (Å²) in [6.07, 6.45) is 2.40. The number of rotatable bonds is 2. The van der Waals surface area contributed by atoms with Crippen LogP contribution in [0, 0.1) is 6.92 Å². The van der Waals surface area contributed by atoms with Crippen LogP contribution in [0.4, 0.5) is 11.4 Å². The molecule has 0 amide bonds. The van der Waals surface area contributed by atoms with Crippen molar-refractivity contribution in [3.8, 4) is 0 Å². The molecular weight excluding hydrogens is 232 g/mol. The third kappa shape index (κ3) is 2.24. The molecule has 0 atom stereocenters. The second-order valence-electron chi connectivity index (χ2n) is 5.21. The predicted octanol–water partition coefficient (Wildman–Crippen LogP) is 3.54.